The van der Waals surface area contributed by atoms with Gasteiger partial charge in [-0.25, -0.2) is 4.79 Å². The molecule has 0 N–H and O–H groups in total. The summed E-state index contributed by atoms with van der Waals surface area (Å²) in [7, 11) is 0. The maximum Gasteiger partial charge on any atom is 0.333 e. The fourth-order valence-corrected chi connectivity index (χ4v) is 2.12. The number of unbranched alkanes of at least 4 members (excludes halogenated alkanes) is 1. The van der Waals surface area contributed by atoms with Crippen LogP contribution in [0.4, 0.5) is 0 Å². The maximum atomic E-state index is 11.6. The highest BCUT2D eigenvalue weighted by Gasteiger charge is 2.05. The van der Waals surface area contributed by atoms with Crippen molar-refractivity contribution < 1.29 is 9.53 Å². The lowest BCUT2D eigenvalue weighted by molar-refractivity contribution is -0.138. The summed E-state index contributed by atoms with van der Waals surface area (Å²) < 4.78 is 5.01. The largest absolute Gasteiger partial charge is 0.463 e. The molecule has 2 nitrogen and oxygen atoms in total. The molecule has 0 fully saturated rings. The summed E-state index contributed by atoms with van der Waals surface area (Å²) in [5.74, 6) is -0.210. The Balaban J connectivity index is 3.82. The van der Waals surface area contributed by atoms with Crippen LogP contribution in [0.1, 0.15) is 65.7 Å². The molecule has 0 saturated carbocycles. The molecule has 0 aliphatic carbocycles. The number of hydrogen-bond donors (Lipinski definition) is 0. The first-order valence-corrected chi connectivity index (χ1v) is 9.88. The molecule has 144 valence electrons. The van der Waals surface area contributed by atoms with Crippen molar-refractivity contribution in [2.45, 2.75) is 65.7 Å². The van der Waals surface area contributed by atoms with Crippen LogP contribution in [0.25, 0.3) is 0 Å². The van der Waals surface area contributed by atoms with Crippen molar-refractivity contribution in [1.82, 2.24) is 0 Å². The topological polar surface area (TPSA) is 26.3 Å². The molecule has 2 heteroatoms. The third-order valence-corrected chi connectivity index (χ3v) is 3.57. The van der Waals surface area contributed by atoms with Gasteiger partial charge in [-0.3, -0.25) is 0 Å². The van der Waals surface area contributed by atoms with Crippen LogP contribution in [0.2, 0.25) is 0 Å². The van der Waals surface area contributed by atoms with Crippen LogP contribution in [0, 0.1) is 0 Å². The Hall–Kier alpha value is -2.09. The molecule has 0 heterocycles. The van der Waals surface area contributed by atoms with Crippen molar-refractivity contribution in [1.29, 1.82) is 0 Å². The summed E-state index contributed by atoms with van der Waals surface area (Å²) in [5, 5.41) is 0. The van der Waals surface area contributed by atoms with Crippen molar-refractivity contribution in [3.8, 4) is 0 Å². The summed E-state index contributed by atoms with van der Waals surface area (Å²) in [6.07, 6.45) is 30.3. The lowest BCUT2D eigenvalue weighted by atomic mass is 10.2. The van der Waals surface area contributed by atoms with E-state index in [1.54, 1.807) is 0 Å². The first-order chi connectivity index (χ1) is 12.8. The third kappa shape index (κ3) is 15.4. The highest BCUT2D eigenvalue weighted by atomic mass is 16.5. The molecule has 0 atom stereocenters. The van der Waals surface area contributed by atoms with E-state index in [9.17, 15) is 4.79 Å². The minimum absolute atomic E-state index is 0.210. The monoisotopic (exact) mass is 356 g/mol. The fourth-order valence-electron chi connectivity index (χ4n) is 2.12. The molecule has 26 heavy (non-hydrogen) atoms. The molecule has 0 aliphatic heterocycles. The van der Waals surface area contributed by atoms with Gasteiger partial charge in [0.2, 0.25) is 0 Å². The second kappa shape index (κ2) is 19.2. The molecule has 0 spiro atoms. The summed E-state index contributed by atoms with van der Waals surface area (Å²) in [6.45, 7) is 6.36. The second-order valence-corrected chi connectivity index (χ2v) is 5.77. The lowest BCUT2D eigenvalue weighted by Gasteiger charge is -2.02. The van der Waals surface area contributed by atoms with E-state index in [2.05, 4.69) is 61.6 Å². The molecule has 0 radical (unpaired) electrons. The van der Waals surface area contributed by atoms with E-state index in [1.165, 1.54) is 0 Å². The van der Waals surface area contributed by atoms with Gasteiger partial charge in [0.15, 0.2) is 0 Å². The molecule has 0 aromatic rings. The Morgan fingerprint density at radius 3 is 1.81 bits per heavy atom. The zero-order chi connectivity index (χ0) is 19.3. The number of rotatable bonds is 14. The Morgan fingerprint density at radius 2 is 1.27 bits per heavy atom. The predicted octanol–water partition coefficient (Wildman–Crippen LogP) is 7.03. The van der Waals surface area contributed by atoms with Gasteiger partial charge in [-0.05, 0) is 51.9 Å². The molecule has 0 bridgehead atoms. The van der Waals surface area contributed by atoms with Gasteiger partial charge >= 0.3 is 5.97 Å². The van der Waals surface area contributed by atoms with E-state index in [0.29, 0.717) is 13.0 Å². The van der Waals surface area contributed by atoms with Gasteiger partial charge in [-0.2, -0.15) is 0 Å². The van der Waals surface area contributed by atoms with Crippen molar-refractivity contribution in [2.75, 3.05) is 6.61 Å². The van der Waals surface area contributed by atoms with Gasteiger partial charge in [0.25, 0.3) is 0 Å². The number of carbonyl (C=O) groups excluding carboxylic acids is 1. The normalized spacial score (nSPS) is 13.3. The average molecular weight is 357 g/mol. The van der Waals surface area contributed by atoms with Crippen LogP contribution in [0.15, 0.2) is 72.4 Å². The van der Waals surface area contributed by atoms with Crippen LogP contribution < -0.4 is 0 Å². The number of ether oxygens (including phenoxy) is 1. The standard InChI is InChI=1S/C24H36O2/c1-4-7-8-9-10-11-12-13-14-15-16-17-18-19-20-21-22-23(5-2)24(25)26-6-3/h7-8,10-11,13-14,16-17,20-22H,4-6,9,12,15,18-19H2,1-3H3/b8-7-,11-10-,14-13-,17-16-,21-20+,23-22-. The first-order valence-electron chi connectivity index (χ1n) is 9.88. The molecule has 0 aromatic carbocycles. The molecule has 0 unspecified atom stereocenters. The Bertz CT molecular complexity index is 516. The predicted molar refractivity (Wildman–Crippen MR) is 114 cm³/mol. The van der Waals surface area contributed by atoms with Crippen molar-refractivity contribution in [3.63, 3.8) is 0 Å². The van der Waals surface area contributed by atoms with Gasteiger partial charge in [-0.1, -0.05) is 80.7 Å². The van der Waals surface area contributed by atoms with Crippen LogP contribution in [-0.4, -0.2) is 12.6 Å². The first kappa shape index (κ1) is 23.9. The van der Waals surface area contributed by atoms with Gasteiger partial charge in [-0.15, -0.1) is 0 Å². The van der Waals surface area contributed by atoms with Crippen molar-refractivity contribution >= 4 is 5.97 Å². The SMILES string of the molecule is CC/C=C\C/C=C\C/C=C\C/C=C\CC/C=C/C=C(/CC)C(=O)OCC. The average Bonchev–Trinajstić information content (AvgIpc) is 2.64. The number of hydrogen-bond acceptors (Lipinski definition) is 2. The summed E-state index contributed by atoms with van der Waals surface area (Å²) in [4.78, 5) is 11.6. The zero-order valence-electron chi connectivity index (χ0n) is 16.8. The summed E-state index contributed by atoms with van der Waals surface area (Å²) >= 11 is 0. The Morgan fingerprint density at radius 1 is 0.731 bits per heavy atom. The highest BCUT2D eigenvalue weighted by Crippen LogP contribution is 2.05. The fraction of sp³-hybridized carbons (Fsp3) is 0.458. The minimum Gasteiger partial charge on any atom is -0.463 e. The van der Waals surface area contributed by atoms with E-state index < -0.39 is 0 Å². The Kier molecular flexibility index (Phi) is 17.7. The van der Waals surface area contributed by atoms with E-state index in [1.807, 2.05) is 26.0 Å². The van der Waals surface area contributed by atoms with Gasteiger partial charge in [0, 0.05) is 5.57 Å². The van der Waals surface area contributed by atoms with Gasteiger partial charge in [0.05, 0.1) is 6.61 Å². The number of carbonyl (C=O) groups is 1. The molecule has 0 amide bonds. The molecular formula is C24H36O2. The van der Waals surface area contributed by atoms with Crippen molar-refractivity contribution in [2.24, 2.45) is 0 Å². The maximum absolute atomic E-state index is 11.6. The van der Waals surface area contributed by atoms with Crippen LogP contribution in [0.5, 0.6) is 0 Å². The van der Waals surface area contributed by atoms with E-state index >= 15 is 0 Å². The molecule has 0 aliphatic rings. The Labute approximate surface area is 160 Å². The second-order valence-electron chi connectivity index (χ2n) is 5.77. The van der Waals surface area contributed by atoms with Gasteiger partial charge < -0.3 is 4.74 Å². The summed E-state index contributed by atoms with van der Waals surface area (Å²) in [6, 6.07) is 0. The van der Waals surface area contributed by atoms with Gasteiger partial charge in [0.1, 0.15) is 0 Å². The molecule has 0 rings (SSSR count). The van der Waals surface area contributed by atoms with E-state index in [0.717, 1.165) is 44.1 Å². The number of allylic oxidation sites excluding steroid dienone is 11. The quantitative estimate of drug-likeness (QED) is 0.110. The van der Waals surface area contributed by atoms with E-state index in [-0.39, 0.29) is 5.97 Å². The van der Waals surface area contributed by atoms with Crippen LogP contribution in [-0.2, 0) is 9.53 Å². The van der Waals surface area contributed by atoms with Crippen LogP contribution >= 0.6 is 0 Å². The smallest absolute Gasteiger partial charge is 0.333 e. The molecule has 0 aromatic heterocycles. The highest BCUT2D eigenvalue weighted by molar-refractivity contribution is 5.88. The van der Waals surface area contributed by atoms with Crippen molar-refractivity contribution in [3.05, 3.63) is 72.4 Å². The minimum atomic E-state index is -0.210. The van der Waals surface area contributed by atoms with Crippen LogP contribution in [0.3, 0.4) is 0 Å². The molecule has 0 saturated heterocycles. The molecular weight excluding hydrogens is 320 g/mol. The zero-order valence-corrected chi connectivity index (χ0v) is 16.8. The third-order valence-electron chi connectivity index (χ3n) is 3.57. The lowest BCUT2D eigenvalue weighted by Crippen LogP contribution is -2.06. The van der Waals surface area contributed by atoms with E-state index in [4.69, 9.17) is 4.74 Å². The number of esters is 1. The summed E-state index contributed by atoms with van der Waals surface area (Å²) in [5.41, 5.74) is 0.721.